The fraction of sp³-hybridized carbons (Fsp3) is 0.536. The maximum absolute atomic E-state index is 16.5. The number of nitrogen functional groups attached to an aromatic ring is 1. The number of nitrogens with zero attached hydrogens (tertiary/aromatic N) is 4. The van der Waals surface area contributed by atoms with E-state index < -0.39 is 34.2 Å². The first-order valence-electron chi connectivity index (χ1n) is 13.8. The van der Waals surface area contributed by atoms with Crippen LogP contribution in [-0.2, 0) is 6.18 Å². The Morgan fingerprint density at radius 2 is 1.83 bits per heavy atom. The Kier molecular flexibility index (Phi) is 7.14. The molecule has 1 aliphatic carbocycles. The first kappa shape index (κ1) is 28.2. The van der Waals surface area contributed by atoms with Crippen LogP contribution in [0, 0.1) is 18.2 Å². The largest absolute Gasteiger partial charge is 0.463 e. The normalized spacial score (nSPS) is 22.1. The van der Waals surface area contributed by atoms with Gasteiger partial charge in [-0.05, 0) is 50.3 Å². The lowest BCUT2D eigenvalue weighted by atomic mass is 9.88. The molecule has 2 bridgehead atoms. The zero-order chi connectivity index (χ0) is 29.1. The predicted molar refractivity (Wildman–Crippen MR) is 148 cm³/mol. The van der Waals surface area contributed by atoms with E-state index in [1.54, 1.807) is 0 Å². The molecule has 4 heterocycles. The van der Waals surface area contributed by atoms with Crippen molar-refractivity contribution in [3.63, 3.8) is 0 Å². The minimum Gasteiger partial charge on any atom is -0.463 e. The number of aliphatic hydroxyl groups is 1. The quantitative estimate of drug-likeness (QED) is 0.331. The molecule has 2 aliphatic heterocycles. The fourth-order valence-corrected chi connectivity index (χ4v) is 6.86. The predicted octanol–water partition coefficient (Wildman–Crippen LogP) is 5.27. The first-order chi connectivity index (χ1) is 19.5. The second-order valence-corrected chi connectivity index (χ2v) is 12.0. The number of halogens is 5. The number of hydrogen-bond acceptors (Lipinski definition) is 8. The number of aliphatic hydroxyl groups excluding tert-OH is 1. The Bertz CT molecular complexity index is 1490. The maximum atomic E-state index is 16.5. The van der Waals surface area contributed by atoms with Crippen molar-refractivity contribution in [2.75, 3.05) is 36.9 Å². The summed E-state index contributed by atoms with van der Waals surface area (Å²) in [4.78, 5) is 14.9. The molecule has 2 unspecified atom stereocenters. The smallest absolute Gasteiger partial charge is 0.418 e. The van der Waals surface area contributed by atoms with Gasteiger partial charge in [-0.15, -0.1) is 0 Å². The summed E-state index contributed by atoms with van der Waals surface area (Å²) >= 11 is 6.54. The molecule has 0 amide bonds. The van der Waals surface area contributed by atoms with Gasteiger partial charge in [-0.2, -0.15) is 23.1 Å². The van der Waals surface area contributed by atoms with Crippen LogP contribution in [-0.4, -0.2) is 58.4 Å². The van der Waals surface area contributed by atoms with E-state index in [1.807, 2.05) is 4.90 Å². The number of rotatable bonds is 6. The van der Waals surface area contributed by atoms with E-state index in [1.165, 1.54) is 13.0 Å². The van der Waals surface area contributed by atoms with Crippen molar-refractivity contribution in [1.82, 2.24) is 20.3 Å². The molecule has 3 fully saturated rings. The summed E-state index contributed by atoms with van der Waals surface area (Å²) in [5, 5.41) is 13.6. The maximum Gasteiger partial charge on any atom is 0.418 e. The molecule has 2 saturated heterocycles. The molecular weight excluding hydrogens is 564 g/mol. The van der Waals surface area contributed by atoms with Crippen LogP contribution in [0.1, 0.15) is 49.7 Å². The SMILES string of the molecule is Cc1cc(N)nc(-c2c(Cl)cc3c(N4CC5CCC(C4)N5)nc(OCC4(CO)CCCC4)nc3c2F)c1C(F)(F)F. The van der Waals surface area contributed by atoms with Crippen LogP contribution >= 0.6 is 11.6 Å². The molecule has 8 nitrogen and oxygen atoms in total. The van der Waals surface area contributed by atoms with Gasteiger partial charge in [0.05, 0.1) is 35.1 Å². The molecule has 41 heavy (non-hydrogen) atoms. The van der Waals surface area contributed by atoms with Gasteiger partial charge in [0, 0.05) is 36.0 Å². The van der Waals surface area contributed by atoms with E-state index in [9.17, 15) is 18.3 Å². The van der Waals surface area contributed by atoms with Crippen molar-refractivity contribution in [1.29, 1.82) is 0 Å². The van der Waals surface area contributed by atoms with Crippen LogP contribution in [0.4, 0.5) is 29.2 Å². The van der Waals surface area contributed by atoms with Gasteiger partial charge in [0.15, 0.2) is 5.82 Å². The number of pyridine rings is 1. The highest BCUT2D eigenvalue weighted by atomic mass is 35.5. The minimum absolute atomic E-state index is 0.0661. The van der Waals surface area contributed by atoms with Gasteiger partial charge >= 0.3 is 12.2 Å². The zero-order valence-electron chi connectivity index (χ0n) is 22.5. The lowest BCUT2D eigenvalue weighted by molar-refractivity contribution is -0.137. The number of aromatic nitrogens is 3. The number of hydrogen-bond donors (Lipinski definition) is 3. The Balaban J connectivity index is 1.53. The first-order valence-corrected chi connectivity index (χ1v) is 14.1. The van der Waals surface area contributed by atoms with Gasteiger partial charge in [-0.3, -0.25) is 0 Å². The highest BCUT2D eigenvalue weighted by molar-refractivity contribution is 6.34. The third-order valence-corrected chi connectivity index (χ3v) is 8.92. The molecule has 4 N–H and O–H groups in total. The molecule has 13 heteroatoms. The highest BCUT2D eigenvalue weighted by Gasteiger charge is 2.40. The molecular formula is C28H31ClF4N6O2. The Hall–Kier alpha value is -2.96. The van der Waals surface area contributed by atoms with Gasteiger partial charge in [0.25, 0.3) is 0 Å². The van der Waals surface area contributed by atoms with E-state index in [0.717, 1.165) is 44.6 Å². The van der Waals surface area contributed by atoms with E-state index in [2.05, 4.69) is 20.3 Å². The summed E-state index contributed by atoms with van der Waals surface area (Å²) in [7, 11) is 0. The number of piperazine rings is 1. The van der Waals surface area contributed by atoms with E-state index in [4.69, 9.17) is 22.1 Å². The average Bonchev–Trinajstić information content (AvgIpc) is 3.52. The summed E-state index contributed by atoms with van der Waals surface area (Å²) in [5.74, 6) is -0.872. The Labute approximate surface area is 239 Å². The molecule has 220 valence electrons. The third kappa shape index (κ3) is 5.14. The highest BCUT2D eigenvalue weighted by Crippen LogP contribution is 2.45. The monoisotopic (exact) mass is 594 g/mol. The topological polar surface area (TPSA) is 109 Å². The Morgan fingerprint density at radius 1 is 1.15 bits per heavy atom. The lowest BCUT2D eigenvalue weighted by Gasteiger charge is -2.34. The van der Waals surface area contributed by atoms with Crippen LogP contribution in [0.25, 0.3) is 22.2 Å². The standard InChI is InChI=1S/C28H31ClF4N6O2/c1-14-8-19(34)36-24(21(14)28(31,32)33)20-18(29)9-17-23(22(20)30)37-26(41-13-27(12-40)6-2-3-7-27)38-25(17)39-10-15-4-5-16(11-39)35-15/h8-9,15-16,35,40H,2-7,10-13H2,1H3,(H2,34,36). The van der Waals surface area contributed by atoms with Crippen molar-refractivity contribution in [3.8, 4) is 17.3 Å². The lowest BCUT2D eigenvalue weighted by Crippen LogP contribution is -2.51. The second kappa shape index (κ2) is 10.4. The van der Waals surface area contributed by atoms with Crippen LogP contribution in [0.2, 0.25) is 5.02 Å². The van der Waals surface area contributed by atoms with Crippen LogP contribution in [0.5, 0.6) is 6.01 Å². The molecule has 2 aromatic heterocycles. The number of nitrogens with two attached hydrogens (primary N) is 1. The van der Waals surface area contributed by atoms with E-state index in [-0.39, 0.29) is 58.6 Å². The second-order valence-electron chi connectivity index (χ2n) is 11.6. The number of fused-ring (bicyclic) bond motifs is 3. The molecule has 0 radical (unpaired) electrons. The van der Waals surface area contributed by atoms with Crippen LogP contribution < -0.4 is 20.7 Å². The van der Waals surface area contributed by atoms with Crippen molar-refractivity contribution < 1.29 is 27.4 Å². The summed E-state index contributed by atoms with van der Waals surface area (Å²) < 4.78 is 64.9. The summed E-state index contributed by atoms with van der Waals surface area (Å²) in [6, 6.07) is 2.83. The molecule has 3 aromatic rings. The van der Waals surface area contributed by atoms with Gasteiger partial charge in [-0.1, -0.05) is 24.4 Å². The van der Waals surface area contributed by atoms with Crippen molar-refractivity contribution in [2.24, 2.45) is 5.41 Å². The molecule has 3 aliphatic rings. The van der Waals surface area contributed by atoms with Gasteiger partial charge in [0.1, 0.15) is 17.2 Å². The zero-order valence-corrected chi connectivity index (χ0v) is 23.2. The minimum atomic E-state index is -4.84. The molecule has 0 spiro atoms. The molecule has 6 rings (SSSR count). The summed E-state index contributed by atoms with van der Waals surface area (Å²) in [6.07, 6.45) is 0.624. The number of ether oxygens (including phenoxy) is 1. The van der Waals surface area contributed by atoms with Gasteiger partial charge < -0.3 is 25.8 Å². The molecule has 1 saturated carbocycles. The van der Waals surface area contributed by atoms with Crippen LogP contribution in [0.3, 0.4) is 0 Å². The molecule has 2 atom stereocenters. The molecule has 1 aromatic carbocycles. The number of alkyl halides is 3. The average molecular weight is 595 g/mol. The summed E-state index contributed by atoms with van der Waals surface area (Å²) in [6.45, 7) is 2.53. The van der Waals surface area contributed by atoms with E-state index >= 15 is 4.39 Å². The Morgan fingerprint density at radius 3 is 2.46 bits per heavy atom. The number of benzene rings is 1. The third-order valence-electron chi connectivity index (χ3n) is 8.62. The number of anilines is 2. The fourth-order valence-electron chi connectivity index (χ4n) is 6.58. The van der Waals surface area contributed by atoms with Gasteiger partial charge in [-0.25, -0.2) is 9.37 Å². The number of aryl methyl sites for hydroxylation is 1. The van der Waals surface area contributed by atoms with Crippen molar-refractivity contribution in [2.45, 2.75) is 63.7 Å². The summed E-state index contributed by atoms with van der Waals surface area (Å²) in [5.41, 5.74) is 2.56. The van der Waals surface area contributed by atoms with E-state index in [0.29, 0.717) is 18.9 Å². The number of nitrogens with one attached hydrogen (secondary N) is 1. The van der Waals surface area contributed by atoms with Crippen LogP contribution in [0.15, 0.2) is 12.1 Å². The van der Waals surface area contributed by atoms with Crippen molar-refractivity contribution in [3.05, 3.63) is 34.1 Å². The van der Waals surface area contributed by atoms with Crippen molar-refractivity contribution >= 4 is 34.1 Å². The van der Waals surface area contributed by atoms with Gasteiger partial charge in [0.2, 0.25) is 0 Å².